The van der Waals surface area contributed by atoms with E-state index in [1.807, 2.05) is 32.9 Å². The average molecular weight is 369 g/mol. The number of aromatic nitrogens is 2. The lowest BCUT2D eigenvalue weighted by Gasteiger charge is -2.25. The van der Waals surface area contributed by atoms with Gasteiger partial charge in [-0.05, 0) is 45.4 Å². The maximum absolute atomic E-state index is 12.7. The first-order valence-electron chi connectivity index (χ1n) is 8.89. The van der Waals surface area contributed by atoms with Crippen molar-refractivity contribution in [3.8, 4) is 17.1 Å². The predicted octanol–water partition coefficient (Wildman–Crippen LogP) is 3.79. The number of aryl methyl sites for hydroxylation is 1. The minimum Gasteiger partial charge on any atom is -0.481 e. The first kappa shape index (κ1) is 20.6. The third-order valence-corrected chi connectivity index (χ3v) is 3.98. The Morgan fingerprint density at radius 1 is 1.26 bits per heavy atom. The molecule has 0 bridgehead atoms. The highest BCUT2D eigenvalue weighted by atomic mass is 16.5. The number of nitrogens with zero attached hydrogens (tertiary/aromatic N) is 3. The van der Waals surface area contributed by atoms with Gasteiger partial charge in [-0.2, -0.15) is 0 Å². The maximum atomic E-state index is 12.7. The van der Waals surface area contributed by atoms with Crippen molar-refractivity contribution in [2.45, 2.75) is 33.8 Å². The lowest BCUT2D eigenvalue weighted by molar-refractivity contribution is -0.115. The molecule has 0 atom stereocenters. The number of hydrogen-bond donors (Lipinski definition) is 0. The standard InChI is InChI=1S/C21H27N3O3/c1-14(2)21(25)24(9-10-27-15(3)4)19-11-18(22-12-16(19)5)17-7-8-20(26-6)23-13-17/h7-8,11-13,15H,1,9-10H2,2-6H3. The number of pyridine rings is 2. The molecule has 6 heteroatoms. The number of carbonyl (C=O) groups is 1. The highest BCUT2D eigenvalue weighted by Crippen LogP contribution is 2.27. The average Bonchev–Trinajstić information content (AvgIpc) is 2.65. The summed E-state index contributed by atoms with van der Waals surface area (Å²) in [5.41, 5.74) is 3.74. The molecule has 27 heavy (non-hydrogen) atoms. The van der Waals surface area contributed by atoms with Crippen LogP contribution in [-0.2, 0) is 9.53 Å². The van der Waals surface area contributed by atoms with Gasteiger partial charge >= 0.3 is 0 Å². The Bertz CT molecular complexity index is 801. The van der Waals surface area contributed by atoms with E-state index in [2.05, 4.69) is 16.5 Å². The van der Waals surface area contributed by atoms with Gasteiger partial charge in [0, 0.05) is 36.1 Å². The molecule has 0 N–H and O–H groups in total. The zero-order chi connectivity index (χ0) is 20.0. The van der Waals surface area contributed by atoms with Crippen molar-refractivity contribution < 1.29 is 14.3 Å². The summed E-state index contributed by atoms with van der Waals surface area (Å²) in [6.07, 6.45) is 3.57. The number of hydrogen-bond acceptors (Lipinski definition) is 5. The highest BCUT2D eigenvalue weighted by Gasteiger charge is 2.19. The smallest absolute Gasteiger partial charge is 0.253 e. The number of ether oxygens (including phenoxy) is 2. The topological polar surface area (TPSA) is 64.6 Å². The van der Waals surface area contributed by atoms with Crippen LogP contribution >= 0.6 is 0 Å². The van der Waals surface area contributed by atoms with Crippen LogP contribution in [0.25, 0.3) is 11.3 Å². The van der Waals surface area contributed by atoms with E-state index in [1.54, 1.807) is 37.4 Å². The summed E-state index contributed by atoms with van der Waals surface area (Å²) in [7, 11) is 1.57. The molecule has 2 heterocycles. The van der Waals surface area contributed by atoms with Gasteiger partial charge in [-0.1, -0.05) is 6.58 Å². The molecular weight excluding hydrogens is 342 g/mol. The Hall–Kier alpha value is -2.73. The molecule has 6 nitrogen and oxygen atoms in total. The summed E-state index contributed by atoms with van der Waals surface area (Å²) >= 11 is 0. The van der Waals surface area contributed by atoms with E-state index >= 15 is 0 Å². The summed E-state index contributed by atoms with van der Waals surface area (Å²) in [6.45, 7) is 12.3. The Morgan fingerprint density at radius 3 is 2.56 bits per heavy atom. The van der Waals surface area contributed by atoms with Crippen molar-refractivity contribution >= 4 is 11.6 Å². The van der Waals surface area contributed by atoms with Gasteiger partial charge in [-0.15, -0.1) is 0 Å². The maximum Gasteiger partial charge on any atom is 0.253 e. The molecule has 144 valence electrons. The Labute approximate surface area is 160 Å². The van der Waals surface area contributed by atoms with Gasteiger partial charge in [0.2, 0.25) is 5.88 Å². The number of carbonyl (C=O) groups excluding carboxylic acids is 1. The number of anilines is 1. The second-order valence-corrected chi connectivity index (χ2v) is 6.60. The molecule has 0 saturated heterocycles. The molecule has 0 aromatic carbocycles. The molecule has 2 aromatic rings. The SMILES string of the molecule is C=C(C)C(=O)N(CCOC(C)C)c1cc(-c2ccc(OC)nc2)ncc1C. The first-order chi connectivity index (χ1) is 12.8. The van der Waals surface area contributed by atoms with Gasteiger partial charge in [0.1, 0.15) is 0 Å². The summed E-state index contributed by atoms with van der Waals surface area (Å²) in [5, 5.41) is 0. The Morgan fingerprint density at radius 2 is 2.00 bits per heavy atom. The number of methoxy groups -OCH3 is 1. The van der Waals surface area contributed by atoms with Crippen LogP contribution in [-0.4, -0.2) is 42.2 Å². The second kappa shape index (κ2) is 9.28. The predicted molar refractivity (Wildman–Crippen MR) is 107 cm³/mol. The van der Waals surface area contributed by atoms with Crippen LogP contribution in [0.5, 0.6) is 5.88 Å². The molecule has 0 aliphatic rings. The van der Waals surface area contributed by atoms with Crippen molar-refractivity contribution in [3.05, 3.63) is 48.3 Å². The summed E-state index contributed by atoms with van der Waals surface area (Å²) < 4.78 is 10.7. The minimum atomic E-state index is -0.129. The molecule has 0 spiro atoms. The Kier molecular flexibility index (Phi) is 7.07. The third kappa shape index (κ3) is 5.37. The molecule has 1 amide bonds. The van der Waals surface area contributed by atoms with Crippen LogP contribution in [0.15, 0.2) is 42.7 Å². The highest BCUT2D eigenvalue weighted by molar-refractivity contribution is 6.05. The number of rotatable bonds is 8. The van der Waals surface area contributed by atoms with Crippen molar-refractivity contribution in [2.24, 2.45) is 0 Å². The molecule has 0 saturated carbocycles. The summed E-state index contributed by atoms with van der Waals surface area (Å²) in [5.74, 6) is 0.409. The van der Waals surface area contributed by atoms with E-state index in [4.69, 9.17) is 9.47 Å². The van der Waals surface area contributed by atoms with Crippen LogP contribution in [0.3, 0.4) is 0 Å². The van der Waals surface area contributed by atoms with E-state index in [0.717, 1.165) is 22.5 Å². The monoisotopic (exact) mass is 369 g/mol. The fourth-order valence-electron chi connectivity index (χ4n) is 2.56. The van der Waals surface area contributed by atoms with Crippen LogP contribution in [0.2, 0.25) is 0 Å². The summed E-state index contributed by atoms with van der Waals surface area (Å²) in [6, 6.07) is 5.57. The lowest BCUT2D eigenvalue weighted by Crippen LogP contribution is -2.35. The van der Waals surface area contributed by atoms with Crippen molar-refractivity contribution in [1.29, 1.82) is 0 Å². The molecule has 2 rings (SSSR count). The largest absolute Gasteiger partial charge is 0.481 e. The fraction of sp³-hybridized carbons (Fsp3) is 0.381. The fourth-order valence-corrected chi connectivity index (χ4v) is 2.56. The first-order valence-corrected chi connectivity index (χ1v) is 8.89. The van der Waals surface area contributed by atoms with E-state index in [0.29, 0.717) is 24.6 Å². The quantitative estimate of drug-likeness (QED) is 0.662. The van der Waals surface area contributed by atoms with E-state index in [9.17, 15) is 4.79 Å². The van der Waals surface area contributed by atoms with Gasteiger partial charge in [-0.3, -0.25) is 9.78 Å². The van der Waals surface area contributed by atoms with Gasteiger partial charge < -0.3 is 14.4 Å². The van der Waals surface area contributed by atoms with Crippen LogP contribution < -0.4 is 9.64 Å². The Balaban J connectivity index is 2.38. The van der Waals surface area contributed by atoms with Gasteiger partial charge in [0.25, 0.3) is 5.91 Å². The molecule has 0 aliphatic heterocycles. The van der Waals surface area contributed by atoms with Gasteiger partial charge in [0.15, 0.2) is 0 Å². The van der Waals surface area contributed by atoms with Crippen LogP contribution in [0, 0.1) is 6.92 Å². The molecular formula is C21H27N3O3. The zero-order valence-corrected chi connectivity index (χ0v) is 16.7. The van der Waals surface area contributed by atoms with Crippen molar-refractivity contribution in [2.75, 3.05) is 25.2 Å². The molecule has 0 aliphatic carbocycles. The van der Waals surface area contributed by atoms with E-state index in [1.165, 1.54) is 0 Å². The second-order valence-electron chi connectivity index (χ2n) is 6.60. The van der Waals surface area contributed by atoms with Gasteiger partial charge in [0.05, 0.1) is 31.2 Å². The number of amides is 1. The third-order valence-electron chi connectivity index (χ3n) is 3.98. The zero-order valence-electron chi connectivity index (χ0n) is 16.7. The molecule has 0 unspecified atom stereocenters. The molecule has 0 radical (unpaired) electrons. The van der Waals surface area contributed by atoms with Crippen molar-refractivity contribution in [1.82, 2.24) is 9.97 Å². The van der Waals surface area contributed by atoms with Crippen molar-refractivity contribution in [3.63, 3.8) is 0 Å². The van der Waals surface area contributed by atoms with Gasteiger partial charge in [-0.25, -0.2) is 4.98 Å². The minimum absolute atomic E-state index is 0.103. The van der Waals surface area contributed by atoms with E-state index < -0.39 is 0 Å². The molecule has 0 fully saturated rings. The molecule has 2 aromatic heterocycles. The van der Waals surface area contributed by atoms with E-state index in [-0.39, 0.29) is 12.0 Å². The van der Waals surface area contributed by atoms with Crippen LogP contribution in [0.1, 0.15) is 26.3 Å². The normalized spacial score (nSPS) is 10.7. The summed E-state index contributed by atoms with van der Waals surface area (Å²) in [4.78, 5) is 23.1. The lowest BCUT2D eigenvalue weighted by atomic mass is 10.1. The van der Waals surface area contributed by atoms with Crippen LogP contribution in [0.4, 0.5) is 5.69 Å².